The first-order valence-corrected chi connectivity index (χ1v) is 9.79. The summed E-state index contributed by atoms with van der Waals surface area (Å²) in [6, 6.07) is 13.5. The van der Waals surface area contributed by atoms with Crippen LogP contribution >= 0.6 is 0 Å². The molecule has 29 heavy (non-hydrogen) atoms. The van der Waals surface area contributed by atoms with Crippen LogP contribution in [0, 0.1) is 12.8 Å². The summed E-state index contributed by atoms with van der Waals surface area (Å²) in [5.74, 6) is 0.793. The molecule has 3 rings (SSSR count). The van der Waals surface area contributed by atoms with Crippen molar-refractivity contribution in [2.24, 2.45) is 5.92 Å². The summed E-state index contributed by atoms with van der Waals surface area (Å²) in [5.41, 5.74) is 2.88. The minimum atomic E-state index is -0.272. The van der Waals surface area contributed by atoms with E-state index in [1.165, 1.54) is 0 Å². The first kappa shape index (κ1) is 20.7. The molecule has 2 aromatic rings. The number of nitrogens with zero attached hydrogens (tertiary/aromatic N) is 1. The number of nitrogens with one attached hydrogen (secondary N) is 1. The molecule has 2 unspecified atom stereocenters. The first-order valence-electron chi connectivity index (χ1n) is 9.79. The summed E-state index contributed by atoms with van der Waals surface area (Å²) in [6.07, 6.45) is 1.47. The Hall–Kier alpha value is -3.02. The molecule has 6 heteroatoms. The molecule has 154 valence electrons. The number of ether oxygens (including phenoxy) is 2. The third-order valence-electron chi connectivity index (χ3n) is 5.45. The molecule has 0 aromatic heterocycles. The zero-order valence-corrected chi connectivity index (χ0v) is 17.4. The van der Waals surface area contributed by atoms with Gasteiger partial charge in [0.1, 0.15) is 11.5 Å². The average Bonchev–Trinajstić information content (AvgIpc) is 2.73. The minimum Gasteiger partial charge on any atom is -0.497 e. The summed E-state index contributed by atoms with van der Waals surface area (Å²) < 4.78 is 10.6. The van der Waals surface area contributed by atoms with Gasteiger partial charge in [-0.1, -0.05) is 29.8 Å². The molecular weight excluding hydrogens is 368 g/mol. The molecule has 1 heterocycles. The predicted molar refractivity (Wildman–Crippen MR) is 112 cm³/mol. The van der Waals surface area contributed by atoms with Gasteiger partial charge in [0.15, 0.2) is 0 Å². The normalized spacial score (nSPS) is 18.8. The Bertz CT molecular complexity index is 896. The number of benzene rings is 2. The molecule has 0 saturated carbocycles. The smallest absolute Gasteiger partial charge is 0.229 e. The highest BCUT2D eigenvalue weighted by atomic mass is 16.5. The van der Waals surface area contributed by atoms with Gasteiger partial charge >= 0.3 is 0 Å². The van der Waals surface area contributed by atoms with Crippen molar-refractivity contribution in [2.45, 2.75) is 32.7 Å². The third kappa shape index (κ3) is 4.70. The summed E-state index contributed by atoms with van der Waals surface area (Å²) in [7, 11) is 3.13. The summed E-state index contributed by atoms with van der Waals surface area (Å²) >= 11 is 0. The second kappa shape index (κ2) is 8.99. The van der Waals surface area contributed by atoms with Crippen molar-refractivity contribution in [3.05, 3.63) is 53.6 Å². The standard InChI is InChI=1S/C23H28N2O4/c1-15-6-5-7-17(12-15)21-11-8-18(14-25(21)16(2)26)23(27)24-20-10-9-19(28-3)13-22(20)29-4/h5-7,9-10,12-13,18,21H,8,11,14H2,1-4H3,(H,24,27). The number of aryl methyl sites for hydroxylation is 1. The monoisotopic (exact) mass is 396 g/mol. The van der Waals surface area contributed by atoms with Gasteiger partial charge in [-0.25, -0.2) is 0 Å². The molecule has 2 atom stereocenters. The zero-order chi connectivity index (χ0) is 21.0. The number of carbonyl (C=O) groups excluding carboxylic acids is 2. The lowest BCUT2D eigenvalue weighted by Gasteiger charge is -2.39. The lowest BCUT2D eigenvalue weighted by molar-refractivity contribution is -0.135. The zero-order valence-electron chi connectivity index (χ0n) is 17.4. The quantitative estimate of drug-likeness (QED) is 0.831. The molecule has 1 N–H and O–H groups in total. The maximum atomic E-state index is 12.9. The topological polar surface area (TPSA) is 67.9 Å². The van der Waals surface area contributed by atoms with Crippen molar-refractivity contribution in [3.63, 3.8) is 0 Å². The highest BCUT2D eigenvalue weighted by molar-refractivity contribution is 5.94. The molecule has 0 spiro atoms. The van der Waals surface area contributed by atoms with Crippen LogP contribution in [0.5, 0.6) is 11.5 Å². The van der Waals surface area contributed by atoms with E-state index in [4.69, 9.17) is 9.47 Å². The summed E-state index contributed by atoms with van der Waals surface area (Å²) in [4.78, 5) is 27.1. The number of hydrogen-bond donors (Lipinski definition) is 1. The van der Waals surface area contributed by atoms with E-state index in [1.54, 1.807) is 39.3 Å². The van der Waals surface area contributed by atoms with Crippen LogP contribution in [0.15, 0.2) is 42.5 Å². The van der Waals surface area contributed by atoms with E-state index in [0.29, 0.717) is 30.2 Å². The number of hydrogen-bond acceptors (Lipinski definition) is 4. The molecule has 6 nitrogen and oxygen atoms in total. The molecular formula is C23H28N2O4. The molecule has 0 bridgehead atoms. The van der Waals surface area contributed by atoms with E-state index in [2.05, 4.69) is 17.4 Å². The lowest BCUT2D eigenvalue weighted by Crippen LogP contribution is -2.44. The van der Waals surface area contributed by atoms with E-state index >= 15 is 0 Å². The largest absolute Gasteiger partial charge is 0.497 e. The molecule has 1 saturated heterocycles. The molecule has 2 amide bonds. The van der Waals surface area contributed by atoms with Gasteiger partial charge in [0.05, 0.1) is 31.9 Å². The molecule has 1 aliphatic rings. The Kier molecular flexibility index (Phi) is 6.42. The Labute approximate surface area is 171 Å². The Morgan fingerprint density at radius 1 is 1.07 bits per heavy atom. The van der Waals surface area contributed by atoms with E-state index in [1.807, 2.05) is 24.0 Å². The molecule has 1 aliphatic heterocycles. The third-order valence-corrected chi connectivity index (χ3v) is 5.45. The number of methoxy groups -OCH3 is 2. The van der Waals surface area contributed by atoms with Crippen molar-refractivity contribution in [1.82, 2.24) is 4.90 Å². The highest BCUT2D eigenvalue weighted by Crippen LogP contribution is 2.35. The van der Waals surface area contributed by atoms with Crippen LogP contribution in [0.3, 0.4) is 0 Å². The molecule has 0 radical (unpaired) electrons. The Morgan fingerprint density at radius 2 is 1.86 bits per heavy atom. The Balaban J connectivity index is 1.74. The lowest BCUT2D eigenvalue weighted by atomic mass is 9.88. The predicted octanol–water partition coefficient (Wildman–Crippen LogP) is 3.95. The van der Waals surface area contributed by atoms with Gasteiger partial charge in [-0.3, -0.25) is 9.59 Å². The fraction of sp³-hybridized carbons (Fsp3) is 0.391. The number of piperidine rings is 1. The fourth-order valence-electron chi connectivity index (χ4n) is 3.89. The second-order valence-corrected chi connectivity index (χ2v) is 7.43. The van der Waals surface area contributed by atoms with Gasteiger partial charge in [0, 0.05) is 19.5 Å². The van der Waals surface area contributed by atoms with Crippen LogP contribution in [0.4, 0.5) is 5.69 Å². The van der Waals surface area contributed by atoms with Crippen LogP contribution in [-0.2, 0) is 9.59 Å². The fourth-order valence-corrected chi connectivity index (χ4v) is 3.89. The van der Waals surface area contributed by atoms with Crippen LogP contribution in [0.25, 0.3) is 0 Å². The van der Waals surface area contributed by atoms with Gasteiger partial charge in [0.25, 0.3) is 0 Å². The highest BCUT2D eigenvalue weighted by Gasteiger charge is 2.34. The molecule has 2 aromatic carbocycles. The summed E-state index contributed by atoms with van der Waals surface area (Å²) in [5, 5.41) is 2.95. The number of amides is 2. The van der Waals surface area contributed by atoms with Gasteiger partial charge in [-0.05, 0) is 37.5 Å². The average molecular weight is 396 g/mol. The SMILES string of the molecule is COc1ccc(NC(=O)C2CCC(c3cccc(C)c3)N(C(C)=O)C2)c(OC)c1. The first-order chi connectivity index (χ1) is 13.9. The van der Waals surface area contributed by atoms with Gasteiger partial charge in [-0.15, -0.1) is 0 Å². The van der Waals surface area contributed by atoms with Gasteiger partial charge in [-0.2, -0.15) is 0 Å². The van der Waals surface area contributed by atoms with E-state index < -0.39 is 0 Å². The van der Waals surface area contributed by atoms with Crippen molar-refractivity contribution < 1.29 is 19.1 Å². The number of anilines is 1. The maximum Gasteiger partial charge on any atom is 0.229 e. The van der Waals surface area contributed by atoms with E-state index in [9.17, 15) is 9.59 Å². The van der Waals surface area contributed by atoms with Crippen molar-refractivity contribution in [3.8, 4) is 11.5 Å². The molecule has 1 fully saturated rings. The second-order valence-electron chi connectivity index (χ2n) is 7.43. The maximum absolute atomic E-state index is 12.9. The van der Waals surface area contributed by atoms with Crippen LogP contribution in [0.1, 0.15) is 36.9 Å². The number of carbonyl (C=O) groups is 2. The number of rotatable bonds is 5. The Morgan fingerprint density at radius 3 is 2.52 bits per heavy atom. The van der Waals surface area contributed by atoms with Gasteiger partial charge < -0.3 is 19.7 Å². The van der Waals surface area contributed by atoms with E-state index in [0.717, 1.165) is 17.5 Å². The van der Waals surface area contributed by atoms with Crippen molar-refractivity contribution >= 4 is 17.5 Å². The van der Waals surface area contributed by atoms with Crippen molar-refractivity contribution in [1.29, 1.82) is 0 Å². The molecule has 0 aliphatic carbocycles. The summed E-state index contributed by atoms with van der Waals surface area (Å²) in [6.45, 7) is 4.01. The van der Waals surface area contributed by atoms with Crippen LogP contribution in [-0.4, -0.2) is 37.5 Å². The van der Waals surface area contributed by atoms with Crippen LogP contribution < -0.4 is 14.8 Å². The minimum absolute atomic E-state index is 0.00646. The van der Waals surface area contributed by atoms with E-state index in [-0.39, 0.29) is 23.8 Å². The van der Waals surface area contributed by atoms with Crippen LogP contribution in [0.2, 0.25) is 0 Å². The number of likely N-dealkylation sites (tertiary alicyclic amines) is 1. The van der Waals surface area contributed by atoms with Gasteiger partial charge in [0.2, 0.25) is 11.8 Å². The van der Waals surface area contributed by atoms with Crippen molar-refractivity contribution in [2.75, 3.05) is 26.1 Å².